The number of carbonyl (C=O) groups excluding carboxylic acids is 1. The first-order valence-electron chi connectivity index (χ1n) is 7.70. The Hall–Kier alpha value is -2.49. The van der Waals surface area contributed by atoms with Crippen molar-refractivity contribution in [2.75, 3.05) is 13.7 Å². The number of fused-ring (bicyclic) bond motifs is 3. The van der Waals surface area contributed by atoms with Gasteiger partial charge in [-0.3, -0.25) is 4.79 Å². The molecule has 0 aliphatic carbocycles. The van der Waals surface area contributed by atoms with E-state index in [0.29, 0.717) is 6.61 Å². The highest BCUT2D eigenvalue weighted by atomic mass is 16.5. The quantitative estimate of drug-likeness (QED) is 0.803. The molecule has 4 heteroatoms. The van der Waals surface area contributed by atoms with Gasteiger partial charge in [0.2, 0.25) is 0 Å². The van der Waals surface area contributed by atoms with Crippen molar-refractivity contribution in [2.45, 2.75) is 25.9 Å². The van der Waals surface area contributed by atoms with Crippen LogP contribution in [0.3, 0.4) is 0 Å². The van der Waals surface area contributed by atoms with E-state index in [0.717, 1.165) is 28.2 Å². The number of hydrogen-bond acceptors (Lipinski definition) is 4. The van der Waals surface area contributed by atoms with E-state index in [1.54, 1.807) is 14.0 Å². The SMILES string of the molecule is CCOC(=O)CC1(C)Oc2ccc(OC)cc2-c2ccccc21. The molecule has 1 aliphatic heterocycles. The Morgan fingerprint density at radius 3 is 2.70 bits per heavy atom. The fourth-order valence-corrected chi connectivity index (χ4v) is 3.03. The fraction of sp³-hybridized carbons (Fsp3) is 0.316. The second-order valence-electron chi connectivity index (χ2n) is 5.72. The molecule has 0 spiro atoms. The van der Waals surface area contributed by atoms with E-state index in [1.165, 1.54) is 0 Å². The zero-order valence-corrected chi connectivity index (χ0v) is 13.6. The minimum absolute atomic E-state index is 0.170. The third kappa shape index (κ3) is 2.77. The topological polar surface area (TPSA) is 44.8 Å². The van der Waals surface area contributed by atoms with Crippen LogP contribution in [0.15, 0.2) is 42.5 Å². The van der Waals surface area contributed by atoms with Crippen molar-refractivity contribution >= 4 is 5.97 Å². The van der Waals surface area contributed by atoms with Crippen molar-refractivity contribution in [3.05, 3.63) is 48.0 Å². The smallest absolute Gasteiger partial charge is 0.310 e. The van der Waals surface area contributed by atoms with E-state index in [9.17, 15) is 4.79 Å². The molecule has 0 fully saturated rings. The van der Waals surface area contributed by atoms with Gasteiger partial charge in [-0.1, -0.05) is 24.3 Å². The molecule has 0 N–H and O–H groups in total. The van der Waals surface area contributed by atoms with Crippen LogP contribution < -0.4 is 9.47 Å². The molecule has 2 aromatic carbocycles. The van der Waals surface area contributed by atoms with Gasteiger partial charge >= 0.3 is 5.97 Å². The number of rotatable bonds is 4. The van der Waals surface area contributed by atoms with Crippen LogP contribution in [0.1, 0.15) is 25.8 Å². The standard InChI is InChI=1S/C19H20O4/c1-4-22-18(20)12-19(2)16-8-6-5-7-14(16)15-11-13(21-3)9-10-17(15)23-19/h5-11H,4,12H2,1-3H3. The highest BCUT2D eigenvalue weighted by Gasteiger charge is 2.39. The van der Waals surface area contributed by atoms with Crippen LogP contribution >= 0.6 is 0 Å². The Balaban J connectivity index is 2.08. The molecule has 4 nitrogen and oxygen atoms in total. The molecule has 0 amide bonds. The Morgan fingerprint density at radius 2 is 1.96 bits per heavy atom. The average molecular weight is 312 g/mol. The first-order chi connectivity index (χ1) is 11.1. The summed E-state index contributed by atoms with van der Waals surface area (Å²) in [5, 5.41) is 0. The number of methoxy groups -OCH3 is 1. The van der Waals surface area contributed by atoms with E-state index in [1.807, 2.05) is 49.4 Å². The van der Waals surface area contributed by atoms with Gasteiger partial charge in [-0.05, 0) is 37.6 Å². The van der Waals surface area contributed by atoms with Crippen molar-refractivity contribution < 1.29 is 19.0 Å². The molecular formula is C19H20O4. The van der Waals surface area contributed by atoms with Gasteiger partial charge in [0.1, 0.15) is 17.1 Å². The predicted octanol–water partition coefficient (Wildman–Crippen LogP) is 3.92. The van der Waals surface area contributed by atoms with Crippen LogP contribution in [0, 0.1) is 0 Å². The van der Waals surface area contributed by atoms with Crippen molar-refractivity contribution in [1.82, 2.24) is 0 Å². The summed E-state index contributed by atoms with van der Waals surface area (Å²) in [6.07, 6.45) is 0.170. The summed E-state index contributed by atoms with van der Waals surface area (Å²) < 4.78 is 16.6. The molecule has 3 rings (SSSR count). The van der Waals surface area contributed by atoms with Gasteiger partial charge in [-0.15, -0.1) is 0 Å². The van der Waals surface area contributed by atoms with Gasteiger partial charge in [0, 0.05) is 11.1 Å². The Bertz CT molecular complexity index is 738. The molecular weight excluding hydrogens is 292 g/mol. The van der Waals surface area contributed by atoms with E-state index >= 15 is 0 Å². The van der Waals surface area contributed by atoms with Crippen molar-refractivity contribution in [2.24, 2.45) is 0 Å². The van der Waals surface area contributed by atoms with Crippen LogP contribution in [0.4, 0.5) is 0 Å². The largest absolute Gasteiger partial charge is 0.497 e. The van der Waals surface area contributed by atoms with Crippen molar-refractivity contribution in [3.8, 4) is 22.6 Å². The normalized spacial score (nSPS) is 18.4. The van der Waals surface area contributed by atoms with Gasteiger partial charge in [-0.25, -0.2) is 0 Å². The molecule has 2 aromatic rings. The summed E-state index contributed by atoms with van der Waals surface area (Å²) in [4.78, 5) is 12.0. The second-order valence-corrected chi connectivity index (χ2v) is 5.72. The molecule has 1 atom stereocenters. The molecule has 23 heavy (non-hydrogen) atoms. The summed E-state index contributed by atoms with van der Waals surface area (Å²) in [6.45, 7) is 4.09. The van der Waals surface area contributed by atoms with Gasteiger partial charge in [-0.2, -0.15) is 0 Å². The summed E-state index contributed by atoms with van der Waals surface area (Å²) >= 11 is 0. The van der Waals surface area contributed by atoms with Gasteiger partial charge in [0.25, 0.3) is 0 Å². The number of esters is 1. The van der Waals surface area contributed by atoms with Gasteiger partial charge < -0.3 is 14.2 Å². The monoisotopic (exact) mass is 312 g/mol. The zero-order chi connectivity index (χ0) is 16.4. The Morgan fingerprint density at radius 1 is 1.17 bits per heavy atom. The van der Waals surface area contributed by atoms with Crippen LogP contribution in [0.5, 0.6) is 11.5 Å². The summed E-state index contributed by atoms with van der Waals surface area (Å²) in [5.74, 6) is 1.26. The average Bonchev–Trinajstić information content (AvgIpc) is 2.55. The minimum Gasteiger partial charge on any atom is -0.497 e. The summed E-state index contributed by atoms with van der Waals surface area (Å²) in [7, 11) is 1.64. The van der Waals surface area contributed by atoms with Crippen LogP contribution in [0.25, 0.3) is 11.1 Å². The van der Waals surface area contributed by atoms with Crippen LogP contribution in [0.2, 0.25) is 0 Å². The minimum atomic E-state index is -0.746. The molecule has 1 unspecified atom stereocenters. The first kappa shape index (κ1) is 15.4. The third-order valence-corrected chi connectivity index (χ3v) is 4.10. The lowest BCUT2D eigenvalue weighted by Crippen LogP contribution is -2.35. The number of carbonyl (C=O) groups is 1. The Labute approximate surface area is 136 Å². The number of benzene rings is 2. The zero-order valence-electron chi connectivity index (χ0n) is 13.6. The van der Waals surface area contributed by atoms with Crippen molar-refractivity contribution in [1.29, 1.82) is 0 Å². The third-order valence-electron chi connectivity index (χ3n) is 4.10. The molecule has 0 saturated carbocycles. The molecule has 120 valence electrons. The highest BCUT2D eigenvalue weighted by Crippen LogP contribution is 2.47. The Kier molecular flexibility index (Phi) is 3.99. The van der Waals surface area contributed by atoms with E-state index in [-0.39, 0.29) is 12.4 Å². The van der Waals surface area contributed by atoms with E-state index in [2.05, 4.69) is 0 Å². The lowest BCUT2D eigenvalue weighted by molar-refractivity contribution is -0.147. The number of hydrogen-bond donors (Lipinski definition) is 0. The molecule has 0 saturated heterocycles. The lowest BCUT2D eigenvalue weighted by Gasteiger charge is -2.37. The van der Waals surface area contributed by atoms with E-state index in [4.69, 9.17) is 14.2 Å². The predicted molar refractivity (Wildman–Crippen MR) is 87.7 cm³/mol. The van der Waals surface area contributed by atoms with Gasteiger partial charge in [0.05, 0.1) is 20.1 Å². The van der Waals surface area contributed by atoms with E-state index < -0.39 is 5.60 Å². The molecule has 0 aromatic heterocycles. The maximum absolute atomic E-state index is 12.0. The maximum atomic E-state index is 12.0. The summed E-state index contributed by atoms with van der Waals surface area (Å²) in [5.41, 5.74) is 2.26. The molecule has 0 bridgehead atoms. The van der Waals surface area contributed by atoms with Gasteiger partial charge in [0.15, 0.2) is 0 Å². The highest BCUT2D eigenvalue weighted by molar-refractivity contribution is 5.80. The first-order valence-corrected chi connectivity index (χ1v) is 7.70. The second kappa shape index (κ2) is 5.95. The van der Waals surface area contributed by atoms with Crippen LogP contribution in [-0.4, -0.2) is 19.7 Å². The number of ether oxygens (including phenoxy) is 3. The lowest BCUT2D eigenvalue weighted by atomic mass is 9.83. The van der Waals surface area contributed by atoms with Crippen LogP contribution in [-0.2, 0) is 15.1 Å². The maximum Gasteiger partial charge on any atom is 0.310 e. The molecule has 0 radical (unpaired) electrons. The fourth-order valence-electron chi connectivity index (χ4n) is 3.03. The molecule has 1 aliphatic rings. The van der Waals surface area contributed by atoms with Crippen molar-refractivity contribution in [3.63, 3.8) is 0 Å². The summed E-state index contributed by atoms with van der Waals surface area (Å²) in [6, 6.07) is 13.7. The molecule has 1 heterocycles.